The lowest BCUT2D eigenvalue weighted by Gasteiger charge is -2.32. The van der Waals surface area contributed by atoms with Gasteiger partial charge in [0.2, 0.25) is 5.91 Å². The highest BCUT2D eigenvalue weighted by molar-refractivity contribution is 7.89. The monoisotopic (exact) mass is 445 g/mol. The van der Waals surface area contributed by atoms with Gasteiger partial charge in [0.1, 0.15) is 6.04 Å². The van der Waals surface area contributed by atoms with Crippen molar-refractivity contribution in [1.82, 2.24) is 9.21 Å². The van der Waals surface area contributed by atoms with E-state index in [1.54, 1.807) is 30.3 Å². The summed E-state index contributed by atoms with van der Waals surface area (Å²) in [4.78, 5) is 25.1. The summed E-state index contributed by atoms with van der Waals surface area (Å²) in [6, 6.07) is 12.1. The van der Waals surface area contributed by atoms with Crippen molar-refractivity contribution >= 4 is 21.6 Å². The van der Waals surface area contributed by atoms with Gasteiger partial charge >= 0.3 is 0 Å². The molecule has 1 saturated heterocycles. The van der Waals surface area contributed by atoms with E-state index in [1.807, 2.05) is 0 Å². The van der Waals surface area contributed by atoms with Gasteiger partial charge in [-0.15, -0.1) is 6.58 Å². The number of hydrogen-bond donors (Lipinski definition) is 1. The van der Waals surface area contributed by atoms with Gasteiger partial charge in [-0.2, -0.15) is 4.31 Å². The summed E-state index contributed by atoms with van der Waals surface area (Å²) in [6.45, 7) is 3.75. The van der Waals surface area contributed by atoms with Gasteiger partial charge in [0, 0.05) is 25.7 Å². The minimum atomic E-state index is -4.46. The molecule has 9 nitrogen and oxygen atoms in total. The maximum absolute atomic E-state index is 13.6. The van der Waals surface area contributed by atoms with Crippen LogP contribution in [0.4, 0.5) is 5.69 Å². The Morgan fingerprint density at radius 3 is 2.48 bits per heavy atom. The van der Waals surface area contributed by atoms with Crippen LogP contribution >= 0.6 is 0 Å². The van der Waals surface area contributed by atoms with Crippen LogP contribution in [-0.4, -0.2) is 59.3 Å². The number of benzene rings is 2. The Bertz CT molecular complexity index is 1070. The summed E-state index contributed by atoms with van der Waals surface area (Å²) >= 11 is 0. The molecule has 0 radical (unpaired) electrons. The Labute approximate surface area is 180 Å². The van der Waals surface area contributed by atoms with Crippen molar-refractivity contribution in [2.75, 3.05) is 19.6 Å². The van der Waals surface area contributed by atoms with E-state index in [4.69, 9.17) is 0 Å². The first-order chi connectivity index (χ1) is 14.8. The van der Waals surface area contributed by atoms with Gasteiger partial charge in [0.05, 0.1) is 11.0 Å². The number of aliphatic hydroxyl groups is 1. The molecule has 2 atom stereocenters. The summed E-state index contributed by atoms with van der Waals surface area (Å²) < 4.78 is 28.1. The molecule has 1 N–H and O–H groups in total. The van der Waals surface area contributed by atoms with E-state index >= 15 is 0 Å². The van der Waals surface area contributed by atoms with E-state index in [0.717, 1.165) is 16.4 Å². The predicted molar refractivity (Wildman–Crippen MR) is 114 cm³/mol. The lowest BCUT2D eigenvalue weighted by molar-refractivity contribution is -0.387. The van der Waals surface area contributed by atoms with E-state index < -0.39 is 43.6 Å². The van der Waals surface area contributed by atoms with Crippen LogP contribution in [0.25, 0.3) is 0 Å². The van der Waals surface area contributed by atoms with Gasteiger partial charge in [-0.3, -0.25) is 14.9 Å². The van der Waals surface area contributed by atoms with Crippen molar-refractivity contribution in [2.45, 2.75) is 23.5 Å². The number of amides is 1. The lowest BCUT2D eigenvalue weighted by Crippen LogP contribution is -2.45. The maximum Gasteiger partial charge on any atom is 0.289 e. The van der Waals surface area contributed by atoms with E-state index in [-0.39, 0.29) is 19.6 Å². The number of carbonyl (C=O) groups excluding carboxylic acids is 1. The standard InChI is InChI=1S/C21H23N3O6S/c1-2-13-23(31(29,30)19-11-7-6-10-18(19)24(27)28)20(16-8-4-3-5-9-16)21(26)22-14-12-17(25)15-22/h2-11,17,20,25H,1,12-15H2. The Kier molecular flexibility index (Phi) is 6.84. The Morgan fingerprint density at radius 2 is 1.90 bits per heavy atom. The van der Waals surface area contributed by atoms with E-state index in [2.05, 4.69) is 6.58 Å². The molecule has 0 spiro atoms. The third-order valence-corrected chi connectivity index (χ3v) is 6.95. The van der Waals surface area contributed by atoms with E-state index in [0.29, 0.717) is 12.0 Å². The van der Waals surface area contributed by atoms with Crippen LogP contribution in [0.15, 0.2) is 72.1 Å². The first-order valence-corrected chi connectivity index (χ1v) is 11.1. The van der Waals surface area contributed by atoms with Gasteiger partial charge in [-0.1, -0.05) is 48.5 Å². The highest BCUT2D eigenvalue weighted by atomic mass is 32.2. The summed E-state index contributed by atoms with van der Waals surface area (Å²) in [5, 5.41) is 21.3. The average Bonchev–Trinajstić information content (AvgIpc) is 3.20. The van der Waals surface area contributed by atoms with E-state index in [9.17, 15) is 28.4 Å². The summed E-state index contributed by atoms with van der Waals surface area (Å²) in [5.41, 5.74) is -0.162. The van der Waals surface area contributed by atoms with Crippen LogP contribution in [0, 0.1) is 10.1 Å². The number of rotatable bonds is 8. The molecule has 3 rings (SSSR count). The zero-order chi connectivity index (χ0) is 22.6. The molecule has 1 aliphatic rings. The van der Waals surface area contributed by atoms with Crippen LogP contribution in [-0.2, 0) is 14.8 Å². The van der Waals surface area contributed by atoms with Gasteiger partial charge in [0.15, 0.2) is 4.90 Å². The molecule has 164 valence electrons. The number of likely N-dealkylation sites (tertiary alicyclic amines) is 1. The first kappa shape index (κ1) is 22.6. The molecular weight excluding hydrogens is 422 g/mol. The second-order valence-corrected chi connectivity index (χ2v) is 8.99. The smallest absolute Gasteiger partial charge is 0.289 e. The molecule has 1 fully saturated rings. The molecule has 1 amide bonds. The molecule has 0 aliphatic carbocycles. The number of para-hydroxylation sites is 1. The Morgan fingerprint density at radius 1 is 1.26 bits per heavy atom. The largest absolute Gasteiger partial charge is 0.391 e. The summed E-state index contributed by atoms with van der Waals surface area (Å²) in [6.07, 6.45) is 1.04. The molecule has 2 aromatic carbocycles. The fraction of sp³-hybridized carbons (Fsp3) is 0.286. The van der Waals surface area contributed by atoms with Crippen molar-refractivity contribution in [2.24, 2.45) is 0 Å². The van der Waals surface area contributed by atoms with Gasteiger partial charge < -0.3 is 10.0 Å². The number of hydrogen-bond acceptors (Lipinski definition) is 6. The second-order valence-electron chi connectivity index (χ2n) is 7.13. The van der Waals surface area contributed by atoms with Gasteiger partial charge in [-0.05, 0) is 18.1 Å². The number of nitrogens with zero attached hydrogens (tertiary/aromatic N) is 3. The molecule has 0 bridgehead atoms. The molecule has 0 aromatic heterocycles. The second kappa shape index (κ2) is 9.38. The van der Waals surface area contributed by atoms with Crippen molar-refractivity contribution in [3.05, 3.63) is 82.9 Å². The van der Waals surface area contributed by atoms with Crippen molar-refractivity contribution in [3.8, 4) is 0 Å². The Hall–Kier alpha value is -3.08. The van der Waals surface area contributed by atoms with Gasteiger partial charge in [-0.25, -0.2) is 8.42 Å². The quantitative estimate of drug-likeness (QED) is 0.377. The number of nitro benzene ring substituents is 1. The fourth-order valence-electron chi connectivity index (χ4n) is 3.60. The van der Waals surface area contributed by atoms with Crippen LogP contribution in [0.5, 0.6) is 0 Å². The SMILES string of the molecule is C=CCN(C(C(=O)N1CCC(O)C1)c1ccccc1)S(=O)(=O)c1ccccc1[N+](=O)[O-]. The van der Waals surface area contributed by atoms with Crippen LogP contribution in [0.1, 0.15) is 18.0 Å². The number of sulfonamides is 1. The van der Waals surface area contributed by atoms with Crippen molar-refractivity contribution in [1.29, 1.82) is 0 Å². The van der Waals surface area contributed by atoms with Crippen LogP contribution in [0.3, 0.4) is 0 Å². The molecule has 1 heterocycles. The topological polar surface area (TPSA) is 121 Å². The lowest BCUT2D eigenvalue weighted by atomic mass is 10.1. The third kappa shape index (κ3) is 4.66. The number of nitro groups is 1. The highest BCUT2D eigenvalue weighted by Gasteiger charge is 2.42. The number of β-amino-alcohol motifs (C(OH)–C–C–N with tert-alkyl or cyclic N) is 1. The van der Waals surface area contributed by atoms with Crippen molar-refractivity contribution < 1.29 is 23.2 Å². The molecule has 10 heteroatoms. The predicted octanol–water partition coefficient (Wildman–Crippen LogP) is 2.11. The molecule has 2 aromatic rings. The summed E-state index contributed by atoms with van der Waals surface area (Å²) in [5.74, 6) is -0.508. The molecule has 2 unspecified atom stereocenters. The van der Waals surface area contributed by atoms with Crippen LogP contribution in [0.2, 0.25) is 0 Å². The fourth-order valence-corrected chi connectivity index (χ4v) is 5.31. The summed E-state index contributed by atoms with van der Waals surface area (Å²) in [7, 11) is -4.46. The number of aliphatic hydroxyl groups excluding tert-OH is 1. The van der Waals surface area contributed by atoms with E-state index in [1.165, 1.54) is 23.1 Å². The minimum absolute atomic E-state index is 0.0929. The molecule has 0 saturated carbocycles. The highest BCUT2D eigenvalue weighted by Crippen LogP contribution is 2.34. The molecule has 31 heavy (non-hydrogen) atoms. The average molecular weight is 445 g/mol. The third-order valence-electron chi connectivity index (χ3n) is 5.07. The van der Waals surface area contributed by atoms with Gasteiger partial charge in [0.25, 0.3) is 15.7 Å². The van der Waals surface area contributed by atoms with Crippen molar-refractivity contribution in [3.63, 3.8) is 0 Å². The van der Waals surface area contributed by atoms with Crippen LogP contribution < -0.4 is 0 Å². The normalized spacial score (nSPS) is 17.5. The zero-order valence-electron chi connectivity index (χ0n) is 16.7. The molecule has 1 aliphatic heterocycles. The maximum atomic E-state index is 13.6. The minimum Gasteiger partial charge on any atom is -0.391 e. The Balaban J connectivity index is 2.15. The molecular formula is C21H23N3O6S. The zero-order valence-corrected chi connectivity index (χ0v) is 17.5. The number of carbonyl (C=O) groups is 1. The first-order valence-electron chi connectivity index (χ1n) is 9.65.